The number of rotatable bonds is 5. The van der Waals surface area contributed by atoms with Crippen molar-refractivity contribution in [1.29, 1.82) is 0 Å². The summed E-state index contributed by atoms with van der Waals surface area (Å²) in [7, 11) is 1.57. The Morgan fingerprint density at radius 3 is 2.74 bits per heavy atom. The summed E-state index contributed by atoms with van der Waals surface area (Å²) in [5.74, 6) is 0.679. The molecule has 0 amide bonds. The molecule has 1 heterocycles. The van der Waals surface area contributed by atoms with E-state index in [2.05, 4.69) is 10.3 Å². The van der Waals surface area contributed by atoms with E-state index < -0.39 is 6.43 Å². The molecule has 2 aromatic rings. The van der Waals surface area contributed by atoms with Crippen molar-refractivity contribution >= 4 is 16.6 Å². The van der Waals surface area contributed by atoms with Gasteiger partial charge in [0.05, 0.1) is 12.6 Å². The Kier molecular flexibility index (Phi) is 4.14. The summed E-state index contributed by atoms with van der Waals surface area (Å²) in [4.78, 5) is 3.97. The van der Waals surface area contributed by atoms with E-state index in [1.54, 1.807) is 25.3 Å². The van der Waals surface area contributed by atoms with Crippen LogP contribution in [0.3, 0.4) is 0 Å². The third-order valence-electron chi connectivity index (χ3n) is 2.82. The van der Waals surface area contributed by atoms with Crippen LogP contribution in [0.4, 0.5) is 14.5 Å². The number of alkyl halides is 2. The molecular formula is C14H16F2N2O. The van der Waals surface area contributed by atoms with E-state index in [1.165, 1.54) is 6.07 Å². The Morgan fingerprint density at radius 2 is 2.11 bits per heavy atom. The molecule has 1 N–H and O–H groups in total. The first kappa shape index (κ1) is 13.5. The second kappa shape index (κ2) is 5.82. The second-order valence-electron chi connectivity index (χ2n) is 4.21. The number of halogens is 2. The summed E-state index contributed by atoms with van der Waals surface area (Å²) in [6.07, 6.45) is -1.66. The number of anilines is 1. The van der Waals surface area contributed by atoms with Gasteiger partial charge in [0.25, 0.3) is 6.43 Å². The van der Waals surface area contributed by atoms with Crippen molar-refractivity contribution in [2.45, 2.75) is 19.8 Å². The van der Waals surface area contributed by atoms with E-state index in [0.717, 1.165) is 18.4 Å². The zero-order valence-electron chi connectivity index (χ0n) is 10.9. The molecule has 1 aromatic carbocycles. The first-order valence-electron chi connectivity index (χ1n) is 6.16. The Balaban J connectivity index is 2.56. The number of pyridine rings is 1. The zero-order chi connectivity index (χ0) is 13.8. The first-order valence-corrected chi connectivity index (χ1v) is 6.16. The average molecular weight is 266 g/mol. The molecule has 0 spiro atoms. The summed E-state index contributed by atoms with van der Waals surface area (Å²) >= 11 is 0. The van der Waals surface area contributed by atoms with Crippen LogP contribution in [0, 0.1) is 0 Å². The lowest BCUT2D eigenvalue weighted by Crippen LogP contribution is -2.03. The van der Waals surface area contributed by atoms with Crippen LogP contribution >= 0.6 is 0 Å². The lowest BCUT2D eigenvalue weighted by atomic mass is 10.1. The van der Waals surface area contributed by atoms with E-state index in [-0.39, 0.29) is 5.69 Å². The van der Waals surface area contributed by atoms with Crippen LogP contribution in [-0.4, -0.2) is 18.6 Å². The molecule has 0 fully saturated rings. The van der Waals surface area contributed by atoms with Gasteiger partial charge in [0.2, 0.25) is 0 Å². The third kappa shape index (κ3) is 2.92. The molecule has 19 heavy (non-hydrogen) atoms. The van der Waals surface area contributed by atoms with Gasteiger partial charge in [-0.3, -0.25) is 0 Å². The standard InChI is InChI=1S/C14H16F2N2O/c1-3-6-17-12-8-13(14(15)16)18-11-5-4-9(19-2)7-10(11)12/h4-5,7-8,14H,3,6H2,1-2H3,(H,17,18). The maximum Gasteiger partial charge on any atom is 0.280 e. The van der Waals surface area contributed by atoms with Gasteiger partial charge >= 0.3 is 0 Å². The summed E-state index contributed by atoms with van der Waals surface area (Å²) in [5.41, 5.74) is 0.995. The lowest BCUT2D eigenvalue weighted by molar-refractivity contribution is 0.146. The van der Waals surface area contributed by atoms with Gasteiger partial charge < -0.3 is 10.1 Å². The van der Waals surface area contributed by atoms with Crippen LogP contribution in [0.15, 0.2) is 24.3 Å². The fourth-order valence-electron chi connectivity index (χ4n) is 1.87. The smallest absolute Gasteiger partial charge is 0.280 e. The zero-order valence-corrected chi connectivity index (χ0v) is 10.9. The van der Waals surface area contributed by atoms with Crippen molar-refractivity contribution in [2.75, 3.05) is 19.0 Å². The van der Waals surface area contributed by atoms with Gasteiger partial charge in [-0.1, -0.05) is 6.92 Å². The second-order valence-corrected chi connectivity index (χ2v) is 4.21. The molecule has 0 unspecified atom stereocenters. The van der Waals surface area contributed by atoms with E-state index in [1.807, 2.05) is 6.92 Å². The average Bonchev–Trinajstić information content (AvgIpc) is 2.43. The minimum absolute atomic E-state index is 0.212. The van der Waals surface area contributed by atoms with Crippen LogP contribution in [0.5, 0.6) is 5.75 Å². The van der Waals surface area contributed by atoms with Gasteiger partial charge in [-0.25, -0.2) is 13.8 Å². The minimum atomic E-state index is -2.58. The Hall–Kier alpha value is -1.91. The monoisotopic (exact) mass is 266 g/mol. The van der Waals surface area contributed by atoms with Gasteiger partial charge in [-0.2, -0.15) is 0 Å². The Bertz CT molecular complexity index is 573. The molecular weight excluding hydrogens is 250 g/mol. The van der Waals surface area contributed by atoms with E-state index in [0.29, 0.717) is 17.0 Å². The number of fused-ring (bicyclic) bond motifs is 1. The van der Waals surface area contributed by atoms with Crippen molar-refractivity contribution in [3.8, 4) is 5.75 Å². The van der Waals surface area contributed by atoms with Crippen LogP contribution in [0.25, 0.3) is 10.9 Å². The molecule has 0 aliphatic rings. The normalized spacial score (nSPS) is 11.0. The molecule has 0 atom stereocenters. The highest BCUT2D eigenvalue weighted by Gasteiger charge is 2.13. The summed E-state index contributed by atoms with van der Waals surface area (Å²) in [5, 5.41) is 3.94. The van der Waals surface area contributed by atoms with Crippen LogP contribution < -0.4 is 10.1 Å². The molecule has 1 aromatic heterocycles. The Morgan fingerprint density at radius 1 is 1.32 bits per heavy atom. The van der Waals surface area contributed by atoms with E-state index >= 15 is 0 Å². The molecule has 0 radical (unpaired) electrons. The predicted molar refractivity (Wildman–Crippen MR) is 72.0 cm³/mol. The highest BCUT2D eigenvalue weighted by atomic mass is 19.3. The molecule has 0 aliphatic carbocycles. The van der Waals surface area contributed by atoms with Crippen molar-refractivity contribution in [3.05, 3.63) is 30.0 Å². The minimum Gasteiger partial charge on any atom is -0.497 e. The van der Waals surface area contributed by atoms with E-state index in [4.69, 9.17) is 4.74 Å². The molecule has 0 saturated carbocycles. The number of nitrogens with zero attached hydrogens (tertiary/aromatic N) is 1. The maximum atomic E-state index is 12.8. The molecule has 0 bridgehead atoms. The quantitative estimate of drug-likeness (QED) is 0.888. The maximum absolute atomic E-state index is 12.8. The topological polar surface area (TPSA) is 34.2 Å². The largest absolute Gasteiger partial charge is 0.497 e. The fraction of sp³-hybridized carbons (Fsp3) is 0.357. The molecule has 2 rings (SSSR count). The number of methoxy groups -OCH3 is 1. The van der Waals surface area contributed by atoms with Crippen LogP contribution in [0.1, 0.15) is 25.5 Å². The van der Waals surface area contributed by atoms with Crippen LogP contribution in [0.2, 0.25) is 0 Å². The lowest BCUT2D eigenvalue weighted by Gasteiger charge is -2.12. The first-order chi connectivity index (χ1) is 9.15. The van der Waals surface area contributed by atoms with Gasteiger partial charge in [-0.05, 0) is 30.7 Å². The van der Waals surface area contributed by atoms with Gasteiger partial charge in [0, 0.05) is 17.6 Å². The molecule has 5 heteroatoms. The van der Waals surface area contributed by atoms with Crippen molar-refractivity contribution < 1.29 is 13.5 Å². The number of nitrogens with one attached hydrogen (secondary N) is 1. The predicted octanol–water partition coefficient (Wildman–Crippen LogP) is 4.00. The van der Waals surface area contributed by atoms with Crippen molar-refractivity contribution in [1.82, 2.24) is 4.98 Å². The highest BCUT2D eigenvalue weighted by molar-refractivity contribution is 5.92. The number of hydrogen-bond donors (Lipinski definition) is 1. The molecule has 102 valence electrons. The number of hydrogen-bond acceptors (Lipinski definition) is 3. The third-order valence-corrected chi connectivity index (χ3v) is 2.82. The van der Waals surface area contributed by atoms with Gasteiger partial charge in [-0.15, -0.1) is 0 Å². The summed E-state index contributed by atoms with van der Waals surface area (Å²) in [6.45, 7) is 2.74. The Labute approximate surface area is 110 Å². The summed E-state index contributed by atoms with van der Waals surface area (Å²) < 4.78 is 30.8. The van der Waals surface area contributed by atoms with Crippen LogP contribution in [-0.2, 0) is 0 Å². The fourth-order valence-corrected chi connectivity index (χ4v) is 1.87. The highest BCUT2D eigenvalue weighted by Crippen LogP contribution is 2.30. The molecule has 0 saturated heterocycles. The number of aromatic nitrogens is 1. The SMILES string of the molecule is CCCNc1cc(C(F)F)nc2ccc(OC)cc12. The van der Waals surface area contributed by atoms with Gasteiger partial charge in [0.15, 0.2) is 0 Å². The van der Waals surface area contributed by atoms with Crippen molar-refractivity contribution in [2.24, 2.45) is 0 Å². The summed E-state index contributed by atoms with van der Waals surface area (Å²) in [6, 6.07) is 6.61. The van der Waals surface area contributed by atoms with E-state index in [9.17, 15) is 8.78 Å². The number of benzene rings is 1. The van der Waals surface area contributed by atoms with Crippen molar-refractivity contribution in [3.63, 3.8) is 0 Å². The molecule has 3 nitrogen and oxygen atoms in total. The number of ether oxygens (including phenoxy) is 1. The molecule has 0 aliphatic heterocycles. The van der Waals surface area contributed by atoms with Gasteiger partial charge in [0.1, 0.15) is 11.4 Å².